The van der Waals surface area contributed by atoms with Gasteiger partial charge in [0.05, 0.1) is 23.4 Å². The van der Waals surface area contributed by atoms with Gasteiger partial charge >= 0.3 is 11.6 Å². The Morgan fingerprint density at radius 3 is 2.81 bits per heavy atom. The first-order valence-electron chi connectivity index (χ1n) is 11.5. The molecule has 2 aromatic carbocycles. The van der Waals surface area contributed by atoms with Crippen LogP contribution < -0.4 is 10.9 Å². The predicted octanol–water partition coefficient (Wildman–Crippen LogP) is 6.90. The molecule has 184 valence electrons. The molecule has 0 radical (unpaired) electrons. The number of hydrogen-bond acceptors (Lipinski definition) is 9. The number of nitriles is 1. The monoisotopic (exact) mass is 527 g/mol. The molecule has 0 amide bonds. The summed E-state index contributed by atoms with van der Waals surface area (Å²) in [5.41, 5.74) is 2.33. The minimum atomic E-state index is -0.496. The van der Waals surface area contributed by atoms with Crippen LogP contribution >= 0.6 is 22.7 Å². The third-order valence-corrected chi connectivity index (χ3v) is 8.00. The molecule has 0 bridgehead atoms. The second-order valence-electron chi connectivity index (χ2n) is 8.21. The summed E-state index contributed by atoms with van der Waals surface area (Å²) in [7, 11) is 0. The third kappa shape index (κ3) is 4.53. The number of anilines is 1. The fourth-order valence-electron chi connectivity index (χ4n) is 4.03. The van der Waals surface area contributed by atoms with Crippen molar-refractivity contribution in [3.05, 3.63) is 85.5 Å². The van der Waals surface area contributed by atoms with Gasteiger partial charge in [-0.1, -0.05) is 30.3 Å². The fourth-order valence-corrected chi connectivity index (χ4v) is 5.83. The number of allylic oxidation sites excluding steroid dienone is 1. The number of thiophene rings is 1. The standard InChI is InChI=1S/C28H21N3O4S2/c1-4-34-28(33)24-15(2)16(3)37-26(24)30-13-18(12-29)25-31-22(14-36-25)21-11-20-19-8-6-5-7-17(19)9-10-23(20)35-27(21)32/h5-11,13-14,30H,4H2,1-3H3/b18-13-. The van der Waals surface area contributed by atoms with Crippen LogP contribution in [0.4, 0.5) is 5.00 Å². The maximum atomic E-state index is 12.8. The van der Waals surface area contributed by atoms with Gasteiger partial charge in [-0.25, -0.2) is 14.6 Å². The minimum absolute atomic E-state index is 0.269. The number of carbonyl (C=O) groups excluding carboxylic acids is 1. The molecular weight excluding hydrogens is 506 g/mol. The number of fused-ring (bicyclic) bond motifs is 3. The lowest BCUT2D eigenvalue weighted by Gasteiger charge is -2.05. The molecule has 0 aliphatic rings. The Morgan fingerprint density at radius 2 is 2.03 bits per heavy atom. The van der Waals surface area contributed by atoms with Gasteiger partial charge in [-0.2, -0.15) is 5.26 Å². The van der Waals surface area contributed by atoms with E-state index in [2.05, 4.69) is 16.4 Å². The predicted molar refractivity (Wildman–Crippen MR) is 148 cm³/mol. The van der Waals surface area contributed by atoms with E-state index in [1.165, 1.54) is 28.9 Å². The van der Waals surface area contributed by atoms with E-state index in [-0.39, 0.29) is 12.2 Å². The smallest absolute Gasteiger partial charge is 0.345 e. The molecule has 5 aromatic rings. The lowest BCUT2D eigenvalue weighted by atomic mass is 10.0. The molecule has 0 aliphatic heterocycles. The van der Waals surface area contributed by atoms with Gasteiger partial charge in [0.15, 0.2) is 0 Å². The number of thiazole rings is 1. The number of nitrogens with zero attached hydrogens (tertiary/aromatic N) is 2. The van der Waals surface area contributed by atoms with Gasteiger partial charge in [-0.3, -0.25) is 0 Å². The number of ether oxygens (including phenoxy) is 1. The van der Waals surface area contributed by atoms with Crippen LogP contribution in [0, 0.1) is 25.2 Å². The molecule has 37 heavy (non-hydrogen) atoms. The molecule has 0 saturated heterocycles. The number of carbonyl (C=O) groups is 1. The van der Waals surface area contributed by atoms with Crippen LogP contribution in [0.15, 0.2) is 63.3 Å². The van der Waals surface area contributed by atoms with E-state index in [1.54, 1.807) is 24.4 Å². The quantitative estimate of drug-likeness (QED) is 0.111. The Balaban J connectivity index is 1.50. The van der Waals surface area contributed by atoms with E-state index in [0.717, 1.165) is 26.6 Å². The first-order valence-corrected chi connectivity index (χ1v) is 13.2. The molecular formula is C28H21N3O4S2. The Morgan fingerprint density at radius 1 is 1.22 bits per heavy atom. The topological polar surface area (TPSA) is 105 Å². The number of aryl methyl sites for hydroxylation is 1. The van der Waals surface area contributed by atoms with E-state index >= 15 is 0 Å². The molecule has 1 N–H and O–H groups in total. The SMILES string of the molecule is CCOC(=O)c1c(N/C=C(/C#N)c2nc(-c3cc4c(ccc5ccccc54)oc3=O)cs2)sc(C)c1C. The number of benzene rings is 2. The Labute approximate surface area is 220 Å². The molecule has 0 saturated carbocycles. The van der Waals surface area contributed by atoms with Crippen molar-refractivity contribution >= 4 is 61.0 Å². The number of rotatable bonds is 6. The first kappa shape index (κ1) is 24.4. The fraction of sp³-hybridized carbons (Fsp3) is 0.143. The average Bonchev–Trinajstić information content (AvgIpc) is 3.48. The van der Waals surface area contributed by atoms with Gasteiger partial charge in [-0.15, -0.1) is 22.7 Å². The van der Waals surface area contributed by atoms with Crippen LogP contribution in [0.1, 0.15) is 32.7 Å². The Kier molecular flexibility index (Phi) is 6.61. The van der Waals surface area contributed by atoms with E-state index in [4.69, 9.17) is 9.15 Å². The van der Waals surface area contributed by atoms with Gasteiger partial charge < -0.3 is 14.5 Å². The van der Waals surface area contributed by atoms with Gasteiger partial charge in [0.25, 0.3) is 0 Å². The molecule has 0 fully saturated rings. The summed E-state index contributed by atoms with van der Waals surface area (Å²) in [6, 6.07) is 15.5. The third-order valence-electron chi connectivity index (χ3n) is 5.99. The van der Waals surface area contributed by atoms with E-state index < -0.39 is 11.6 Å². The van der Waals surface area contributed by atoms with Crippen molar-refractivity contribution in [2.45, 2.75) is 20.8 Å². The summed E-state index contributed by atoms with van der Waals surface area (Å²) in [5.74, 6) is -0.411. The molecule has 0 atom stereocenters. The van der Waals surface area contributed by atoms with Crippen molar-refractivity contribution in [3.8, 4) is 17.3 Å². The molecule has 0 spiro atoms. The van der Waals surface area contributed by atoms with E-state index in [0.29, 0.717) is 32.4 Å². The maximum absolute atomic E-state index is 12.8. The van der Waals surface area contributed by atoms with Crippen molar-refractivity contribution < 1.29 is 13.9 Å². The second-order valence-corrected chi connectivity index (χ2v) is 10.3. The summed E-state index contributed by atoms with van der Waals surface area (Å²) in [6.07, 6.45) is 1.52. The number of esters is 1. The van der Waals surface area contributed by atoms with Crippen molar-refractivity contribution in [2.75, 3.05) is 11.9 Å². The van der Waals surface area contributed by atoms with Gasteiger partial charge in [0.2, 0.25) is 0 Å². The molecule has 3 aromatic heterocycles. The number of hydrogen-bond donors (Lipinski definition) is 1. The van der Waals surface area contributed by atoms with Gasteiger partial charge in [-0.05, 0) is 49.2 Å². The summed E-state index contributed by atoms with van der Waals surface area (Å²) in [4.78, 5) is 30.8. The molecule has 5 rings (SSSR count). The van der Waals surface area contributed by atoms with Gasteiger partial charge in [0, 0.05) is 21.8 Å². The number of nitrogens with one attached hydrogen (secondary N) is 1. The van der Waals surface area contributed by atoms with Crippen LogP contribution in [-0.4, -0.2) is 17.6 Å². The van der Waals surface area contributed by atoms with Crippen molar-refractivity contribution in [1.29, 1.82) is 5.26 Å². The zero-order valence-corrected chi connectivity index (χ0v) is 21.9. The first-order chi connectivity index (χ1) is 17.9. The molecule has 0 aliphatic carbocycles. The lowest BCUT2D eigenvalue weighted by molar-refractivity contribution is 0.0527. The van der Waals surface area contributed by atoms with Gasteiger partial charge in [0.1, 0.15) is 27.2 Å². The number of aromatic nitrogens is 1. The minimum Gasteiger partial charge on any atom is -0.462 e. The zero-order valence-electron chi connectivity index (χ0n) is 20.2. The summed E-state index contributed by atoms with van der Waals surface area (Å²) in [5, 5.41) is 18.5. The summed E-state index contributed by atoms with van der Waals surface area (Å²) < 4.78 is 10.8. The van der Waals surface area contributed by atoms with E-state index in [9.17, 15) is 14.9 Å². The normalized spacial score (nSPS) is 11.6. The zero-order chi connectivity index (χ0) is 26.1. The van der Waals surface area contributed by atoms with Crippen LogP contribution in [0.25, 0.3) is 38.6 Å². The highest BCUT2D eigenvalue weighted by atomic mass is 32.1. The van der Waals surface area contributed by atoms with Crippen LogP contribution in [-0.2, 0) is 4.74 Å². The Hall–Kier alpha value is -4.26. The lowest BCUT2D eigenvalue weighted by Crippen LogP contribution is -2.07. The largest absolute Gasteiger partial charge is 0.462 e. The molecule has 7 nitrogen and oxygen atoms in total. The highest BCUT2D eigenvalue weighted by Crippen LogP contribution is 2.34. The van der Waals surface area contributed by atoms with E-state index in [1.807, 2.05) is 44.2 Å². The highest BCUT2D eigenvalue weighted by molar-refractivity contribution is 7.16. The Bertz CT molecular complexity index is 1800. The summed E-state index contributed by atoms with van der Waals surface area (Å²) in [6.45, 7) is 5.82. The molecule has 0 unspecified atom stereocenters. The maximum Gasteiger partial charge on any atom is 0.345 e. The highest BCUT2D eigenvalue weighted by Gasteiger charge is 2.21. The molecule has 9 heteroatoms. The van der Waals surface area contributed by atoms with Crippen molar-refractivity contribution in [3.63, 3.8) is 0 Å². The van der Waals surface area contributed by atoms with Crippen LogP contribution in [0.5, 0.6) is 0 Å². The summed E-state index contributed by atoms with van der Waals surface area (Å²) >= 11 is 2.66. The van der Waals surface area contributed by atoms with Crippen LogP contribution in [0.2, 0.25) is 0 Å². The average molecular weight is 528 g/mol. The van der Waals surface area contributed by atoms with Crippen LogP contribution in [0.3, 0.4) is 0 Å². The van der Waals surface area contributed by atoms with Crippen molar-refractivity contribution in [2.24, 2.45) is 0 Å². The van der Waals surface area contributed by atoms with Crippen molar-refractivity contribution in [1.82, 2.24) is 4.98 Å². The molecule has 3 heterocycles. The second kappa shape index (κ2) is 10.0.